The minimum absolute atomic E-state index is 0.0984. The Hall–Kier alpha value is -4.17. The summed E-state index contributed by atoms with van der Waals surface area (Å²) < 4.78 is 18.9. The fraction of sp³-hybridized carbons (Fsp3) is 0.0769. The van der Waals surface area contributed by atoms with E-state index in [2.05, 4.69) is 27.7 Å². The van der Waals surface area contributed by atoms with Crippen molar-refractivity contribution in [1.29, 1.82) is 5.26 Å². The number of benzene rings is 3. The molecule has 0 aliphatic carbocycles. The van der Waals surface area contributed by atoms with Crippen LogP contribution in [-0.2, 0) is 0 Å². The summed E-state index contributed by atoms with van der Waals surface area (Å²) in [6.07, 6.45) is 1.54. The second-order valence-electron chi connectivity index (χ2n) is 7.44. The van der Waals surface area contributed by atoms with Gasteiger partial charge in [0.05, 0.1) is 27.8 Å². The highest BCUT2D eigenvalue weighted by Gasteiger charge is 2.17. The van der Waals surface area contributed by atoms with E-state index < -0.39 is 0 Å². The van der Waals surface area contributed by atoms with E-state index in [1.54, 1.807) is 30.5 Å². The van der Waals surface area contributed by atoms with Crippen molar-refractivity contribution in [3.8, 4) is 29.2 Å². The van der Waals surface area contributed by atoms with E-state index >= 15 is 0 Å². The highest BCUT2D eigenvalue weighted by Crippen LogP contribution is 2.33. The molecule has 0 amide bonds. The molecule has 2 heterocycles. The van der Waals surface area contributed by atoms with Crippen LogP contribution in [0, 0.1) is 14.9 Å². The topological polar surface area (TPSA) is 103 Å². The molecule has 0 bridgehead atoms. The maximum absolute atomic E-state index is 13.4. The van der Waals surface area contributed by atoms with Crippen molar-refractivity contribution in [3.05, 3.63) is 86.2 Å². The molecule has 0 spiro atoms. The lowest BCUT2D eigenvalue weighted by Gasteiger charge is -2.11. The van der Waals surface area contributed by atoms with Gasteiger partial charge in [0.25, 0.3) is 5.56 Å². The van der Waals surface area contributed by atoms with Crippen molar-refractivity contribution in [3.63, 3.8) is 0 Å². The van der Waals surface area contributed by atoms with Gasteiger partial charge in [-0.1, -0.05) is 30.3 Å². The van der Waals surface area contributed by atoms with Crippen molar-refractivity contribution in [2.24, 2.45) is 5.10 Å². The van der Waals surface area contributed by atoms with E-state index in [1.807, 2.05) is 48.5 Å². The number of hydrogen-bond acceptors (Lipinski definition) is 7. The molecule has 9 heteroatoms. The molecule has 0 unspecified atom stereocenters. The van der Waals surface area contributed by atoms with Gasteiger partial charge in [-0.05, 0) is 64.6 Å². The monoisotopic (exact) mass is 576 g/mol. The fourth-order valence-electron chi connectivity index (χ4n) is 3.67. The highest BCUT2D eigenvalue weighted by atomic mass is 127. The number of fused-ring (bicyclic) bond motifs is 2. The van der Waals surface area contributed by atoms with Gasteiger partial charge in [0.1, 0.15) is 11.7 Å². The summed E-state index contributed by atoms with van der Waals surface area (Å²) in [5, 5.41) is 14.7. The lowest BCUT2D eigenvalue weighted by Crippen LogP contribution is -2.20. The number of nitrogens with zero attached hydrogens (tertiary/aromatic N) is 4. The Balaban J connectivity index is 1.65. The molecular formula is C26H17IN4O4. The maximum atomic E-state index is 13.4. The van der Waals surface area contributed by atoms with E-state index in [0.717, 1.165) is 8.96 Å². The number of ether oxygens (including phenoxy) is 2. The molecule has 0 saturated heterocycles. The molecule has 2 aromatic heterocycles. The van der Waals surface area contributed by atoms with Crippen molar-refractivity contribution < 1.29 is 13.9 Å². The van der Waals surface area contributed by atoms with E-state index in [4.69, 9.17) is 24.1 Å². The van der Waals surface area contributed by atoms with E-state index in [1.165, 1.54) is 11.8 Å². The summed E-state index contributed by atoms with van der Waals surface area (Å²) in [6, 6.07) is 22.0. The number of para-hydroxylation sites is 2. The molecular weight excluding hydrogens is 559 g/mol. The van der Waals surface area contributed by atoms with E-state index in [-0.39, 0.29) is 18.0 Å². The van der Waals surface area contributed by atoms with Crippen LogP contribution in [0.3, 0.4) is 0 Å². The SMILES string of the molecule is COc1cc(C=Nn2c(-c3cc4ccccc4o3)nc3ccccc3c2=O)cc(I)c1OCC#N. The second kappa shape index (κ2) is 9.60. The predicted octanol–water partition coefficient (Wildman–Crippen LogP) is 5.21. The normalized spacial score (nSPS) is 11.2. The van der Waals surface area contributed by atoms with Crippen LogP contribution < -0.4 is 15.0 Å². The van der Waals surface area contributed by atoms with Crippen LogP contribution in [0.2, 0.25) is 0 Å². The van der Waals surface area contributed by atoms with Gasteiger partial charge in [0.2, 0.25) is 5.82 Å². The van der Waals surface area contributed by atoms with Crippen LogP contribution in [0.15, 0.2) is 81.0 Å². The summed E-state index contributed by atoms with van der Waals surface area (Å²) >= 11 is 2.10. The zero-order valence-electron chi connectivity index (χ0n) is 18.4. The maximum Gasteiger partial charge on any atom is 0.282 e. The lowest BCUT2D eigenvalue weighted by molar-refractivity contribution is 0.327. The quantitative estimate of drug-likeness (QED) is 0.203. The molecule has 0 atom stereocenters. The number of furan rings is 1. The molecule has 3 aromatic carbocycles. The standard InChI is InChI=1S/C26H17IN4O4/c1-33-22-13-16(12-19(27)24(22)34-11-10-28)15-29-31-25(23-14-17-6-2-5-9-21(17)35-23)30-20-8-4-3-7-18(20)26(31)32/h2-9,12-15H,11H2,1H3. The molecule has 172 valence electrons. The van der Waals surface area contributed by atoms with Crippen molar-refractivity contribution >= 4 is 50.7 Å². The van der Waals surface area contributed by atoms with Crippen LogP contribution in [0.25, 0.3) is 33.5 Å². The number of rotatable bonds is 6. The number of nitriles is 1. The molecule has 5 aromatic rings. The summed E-state index contributed by atoms with van der Waals surface area (Å²) in [5.41, 5.74) is 1.59. The summed E-state index contributed by atoms with van der Waals surface area (Å²) in [6.45, 7) is -0.0984. The molecule has 0 aliphatic rings. The Bertz CT molecular complexity index is 1670. The molecule has 0 N–H and O–H groups in total. The number of methoxy groups -OCH3 is 1. The van der Waals surface area contributed by atoms with Gasteiger partial charge in [-0.15, -0.1) is 0 Å². The summed E-state index contributed by atoms with van der Waals surface area (Å²) in [5.74, 6) is 1.64. The Morgan fingerprint density at radius 1 is 1.17 bits per heavy atom. The summed E-state index contributed by atoms with van der Waals surface area (Å²) in [4.78, 5) is 18.1. The minimum Gasteiger partial charge on any atom is -0.493 e. The largest absolute Gasteiger partial charge is 0.493 e. The van der Waals surface area contributed by atoms with Crippen molar-refractivity contribution in [2.45, 2.75) is 0 Å². The van der Waals surface area contributed by atoms with Gasteiger partial charge in [0, 0.05) is 5.39 Å². The van der Waals surface area contributed by atoms with Gasteiger partial charge in [0.15, 0.2) is 23.9 Å². The third-order valence-corrected chi connectivity index (χ3v) is 6.06. The van der Waals surface area contributed by atoms with Gasteiger partial charge >= 0.3 is 0 Å². The number of hydrogen-bond donors (Lipinski definition) is 0. The van der Waals surface area contributed by atoms with Gasteiger partial charge < -0.3 is 13.9 Å². The zero-order chi connectivity index (χ0) is 24.4. The van der Waals surface area contributed by atoms with Crippen molar-refractivity contribution in [1.82, 2.24) is 9.66 Å². The highest BCUT2D eigenvalue weighted by molar-refractivity contribution is 14.1. The van der Waals surface area contributed by atoms with Gasteiger partial charge in [-0.25, -0.2) is 4.98 Å². The van der Waals surface area contributed by atoms with E-state index in [9.17, 15) is 4.79 Å². The Morgan fingerprint density at radius 2 is 1.97 bits per heavy atom. The van der Waals surface area contributed by atoms with Crippen molar-refractivity contribution in [2.75, 3.05) is 13.7 Å². The predicted molar refractivity (Wildman–Crippen MR) is 141 cm³/mol. The Morgan fingerprint density at radius 3 is 2.77 bits per heavy atom. The lowest BCUT2D eigenvalue weighted by atomic mass is 10.2. The first-order chi connectivity index (χ1) is 17.1. The molecule has 5 rings (SSSR count). The van der Waals surface area contributed by atoms with Gasteiger partial charge in [-0.3, -0.25) is 4.79 Å². The molecule has 0 fully saturated rings. The van der Waals surface area contributed by atoms with Crippen LogP contribution >= 0.6 is 22.6 Å². The van der Waals surface area contributed by atoms with Gasteiger partial charge in [-0.2, -0.15) is 15.0 Å². The first-order valence-corrected chi connectivity index (χ1v) is 11.6. The van der Waals surface area contributed by atoms with Crippen LogP contribution in [0.5, 0.6) is 11.5 Å². The van der Waals surface area contributed by atoms with Crippen LogP contribution in [0.4, 0.5) is 0 Å². The third-order valence-electron chi connectivity index (χ3n) is 5.25. The average molecular weight is 576 g/mol. The van der Waals surface area contributed by atoms with E-state index in [0.29, 0.717) is 39.3 Å². The Kier molecular flexibility index (Phi) is 6.20. The molecule has 35 heavy (non-hydrogen) atoms. The summed E-state index contributed by atoms with van der Waals surface area (Å²) in [7, 11) is 1.52. The second-order valence-corrected chi connectivity index (χ2v) is 8.61. The fourth-order valence-corrected chi connectivity index (χ4v) is 4.45. The smallest absolute Gasteiger partial charge is 0.282 e. The number of aromatic nitrogens is 2. The molecule has 0 aliphatic heterocycles. The zero-order valence-corrected chi connectivity index (χ0v) is 20.6. The Labute approximate surface area is 213 Å². The van der Waals surface area contributed by atoms with Crippen LogP contribution in [0.1, 0.15) is 5.56 Å². The average Bonchev–Trinajstić information content (AvgIpc) is 3.31. The minimum atomic E-state index is -0.321. The molecule has 8 nitrogen and oxygen atoms in total. The third kappa shape index (κ3) is 4.36. The molecule has 0 saturated carbocycles. The van der Waals surface area contributed by atoms with Crippen LogP contribution in [-0.4, -0.2) is 29.6 Å². The first-order valence-electron chi connectivity index (χ1n) is 10.5. The first kappa shape index (κ1) is 22.6. The number of halogens is 1. The molecule has 0 radical (unpaired) electrons.